The highest BCUT2D eigenvalue weighted by molar-refractivity contribution is 7.80. The molecule has 3 rings (SSSR count). The number of thiocarbonyl (C=S) groups is 1. The van der Waals surface area contributed by atoms with Crippen molar-refractivity contribution in [2.24, 2.45) is 5.10 Å². The van der Waals surface area contributed by atoms with Crippen LogP contribution in [0.4, 0.5) is 5.69 Å². The number of aromatic nitrogens is 2. The molecule has 0 atom stereocenters. The van der Waals surface area contributed by atoms with E-state index in [1.807, 2.05) is 30.3 Å². The highest BCUT2D eigenvalue weighted by atomic mass is 32.1. The van der Waals surface area contributed by atoms with Crippen molar-refractivity contribution < 1.29 is 5.11 Å². The molecule has 1 heterocycles. The van der Waals surface area contributed by atoms with Gasteiger partial charge in [-0.3, -0.25) is 15.2 Å². The van der Waals surface area contributed by atoms with Crippen LogP contribution in [0.15, 0.2) is 75.4 Å². The lowest BCUT2D eigenvalue weighted by Crippen LogP contribution is -2.33. The molecular weight excluding hydrogens is 378 g/mol. The van der Waals surface area contributed by atoms with E-state index in [9.17, 15) is 14.7 Å². The molecule has 0 radical (unpaired) electrons. The first-order valence-corrected chi connectivity index (χ1v) is 8.68. The quantitative estimate of drug-likeness (QED) is 0.305. The monoisotopic (exact) mass is 395 g/mol. The number of benzene rings is 2. The zero-order chi connectivity index (χ0) is 20.1. The number of nitrogens with zero attached hydrogens (tertiary/aromatic N) is 2. The molecule has 4 N–H and O–H groups in total. The molecule has 0 amide bonds. The maximum Gasteiger partial charge on any atom is 0.335 e. The van der Waals surface area contributed by atoms with Gasteiger partial charge in [-0.2, -0.15) is 5.10 Å². The number of anilines is 1. The lowest BCUT2D eigenvalue weighted by Gasteiger charge is -2.12. The molecule has 1 aromatic heterocycles. The molecular formula is C19H17N5O3S. The van der Waals surface area contributed by atoms with Crippen LogP contribution in [0.25, 0.3) is 5.69 Å². The van der Waals surface area contributed by atoms with Gasteiger partial charge in [0, 0.05) is 5.69 Å². The van der Waals surface area contributed by atoms with Gasteiger partial charge in [0.15, 0.2) is 5.11 Å². The minimum atomic E-state index is -0.750. The van der Waals surface area contributed by atoms with Crippen molar-refractivity contribution in [3.63, 3.8) is 0 Å². The summed E-state index contributed by atoms with van der Waals surface area (Å²) in [5, 5.41) is 17.7. The van der Waals surface area contributed by atoms with Crippen molar-refractivity contribution in [1.82, 2.24) is 15.0 Å². The second-order valence-corrected chi connectivity index (χ2v) is 6.17. The van der Waals surface area contributed by atoms with Crippen LogP contribution in [-0.2, 0) is 0 Å². The molecule has 2 aromatic carbocycles. The fourth-order valence-corrected chi connectivity index (χ4v) is 2.70. The maximum absolute atomic E-state index is 12.2. The van der Waals surface area contributed by atoms with E-state index < -0.39 is 17.1 Å². The van der Waals surface area contributed by atoms with Crippen molar-refractivity contribution in [2.45, 2.75) is 6.92 Å². The van der Waals surface area contributed by atoms with Crippen LogP contribution in [0, 0.1) is 0 Å². The smallest absolute Gasteiger partial charge is 0.335 e. The second kappa shape index (κ2) is 8.31. The number of aromatic hydroxyl groups is 1. The number of hydrogen-bond acceptors (Lipinski definition) is 5. The minimum Gasteiger partial charge on any atom is -0.493 e. The van der Waals surface area contributed by atoms with Crippen molar-refractivity contribution in [2.75, 3.05) is 5.32 Å². The third kappa shape index (κ3) is 4.15. The molecule has 9 heteroatoms. The van der Waals surface area contributed by atoms with Crippen LogP contribution in [0.2, 0.25) is 0 Å². The summed E-state index contributed by atoms with van der Waals surface area (Å²) in [6, 6.07) is 17.7. The van der Waals surface area contributed by atoms with E-state index in [2.05, 4.69) is 20.8 Å². The first-order valence-electron chi connectivity index (χ1n) is 8.28. The number of nitrogens with one attached hydrogen (secondary N) is 3. The van der Waals surface area contributed by atoms with Gasteiger partial charge in [0.1, 0.15) is 5.56 Å². The Kier molecular flexibility index (Phi) is 5.66. The first kappa shape index (κ1) is 19.1. The van der Waals surface area contributed by atoms with Crippen LogP contribution < -0.4 is 22.0 Å². The number of hydrazone groups is 1. The summed E-state index contributed by atoms with van der Waals surface area (Å²) in [4.78, 5) is 26.6. The van der Waals surface area contributed by atoms with Crippen LogP contribution >= 0.6 is 12.2 Å². The Hall–Kier alpha value is -3.72. The Balaban J connectivity index is 1.90. The fraction of sp³-hybridized carbons (Fsp3) is 0.0526. The third-order valence-corrected chi connectivity index (χ3v) is 4.01. The Morgan fingerprint density at radius 2 is 1.68 bits per heavy atom. The maximum atomic E-state index is 12.2. The predicted molar refractivity (Wildman–Crippen MR) is 112 cm³/mol. The molecule has 0 aliphatic carbocycles. The van der Waals surface area contributed by atoms with Gasteiger partial charge in [0.25, 0.3) is 5.56 Å². The molecule has 0 spiro atoms. The summed E-state index contributed by atoms with van der Waals surface area (Å²) in [5.41, 5.74) is 2.30. The van der Waals surface area contributed by atoms with E-state index in [1.165, 1.54) is 6.92 Å². The summed E-state index contributed by atoms with van der Waals surface area (Å²) in [5.74, 6) is -0.509. The highest BCUT2D eigenvalue weighted by Crippen LogP contribution is 2.16. The van der Waals surface area contributed by atoms with Crippen LogP contribution in [0.3, 0.4) is 0 Å². The van der Waals surface area contributed by atoms with E-state index >= 15 is 0 Å². The zero-order valence-electron chi connectivity index (χ0n) is 14.8. The van der Waals surface area contributed by atoms with E-state index in [0.717, 1.165) is 10.3 Å². The van der Waals surface area contributed by atoms with Crippen molar-refractivity contribution in [1.29, 1.82) is 0 Å². The van der Waals surface area contributed by atoms with Gasteiger partial charge in [-0.25, -0.2) is 9.36 Å². The van der Waals surface area contributed by atoms with Gasteiger partial charge < -0.3 is 10.4 Å². The van der Waals surface area contributed by atoms with Gasteiger partial charge in [-0.15, -0.1) is 0 Å². The van der Waals surface area contributed by atoms with E-state index in [1.54, 1.807) is 30.3 Å². The molecule has 0 bridgehead atoms. The summed E-state index contributed by atoms with van der Waals surface area (Å²) < 4.78 is 0.996. The number of para-hydroxylation sites is 2. The SMILES string of the molecule is C/C(=N\NC(=S)Nc1ccccc1)c1c(O)n(-c2ccccc2)c(=O)[nH]c1=O. The topological polar surface area (TPSA) is 112 Å². The lowest BCUT2D eigenvalue weighted by molar-refractivity contribution is 0.429. The lowest BCUT2D eigenvalue weighted by atomic mass is 10.2. The van der Waals surface area contributed by atoms with Gasteiger partial charge in [-0.05, 0) is 43.4 Å². The largest absolute Gasteiger partial charge is 0.493 e. The Bertz CT molecular complexity index is 1140. The van der Waals surface area contributed by atoms with Crippen molar-refractivity contribution in [3.05, 3.63) is 87.1 Å². The van der Waals surface area contributed by atoms with Gasteiger partial charge >= 0.3 is 5.69 Å². The number of aromatic amines is 1. The number of rotatable bonds is 4. The predicted octanol–water partition coefficient (Wildman–Crippen LogP) is 1.94. The third-order valence-electron chi connectivity index (χ3n) is 3.82. The Morgan fingerprint density at radius 3 is 2.32 bits per heavy atom. The molecule has 0 fully saturated rings. The highest BCUT2D eigenvalue weighted by Gasteiger charge is 2.18. The van der Waals surface area contributed by atoms with Crippen LogP contribution in [0.5, 0.6) is 5.88 Å². The average molecular weight is 395 g/mol. The van der Waals surface area contributed by atoms with Crippen molar-refractivity contribution >= 4 is 28.7 Å². The molecule has 0 aliphatic rings. The van der Waals surface area contributed by atoms with Gasteiger partial charge in [-0.1, -0.05) is 36.4 Å². The summed E-state index contributed by atoms with van der Waals surface area (Å²) in [7, 11) is 0. The fourth-order valence-electron chi connectivity index (χ4n) is 2.54. The minimum absolute atomic E-state index is 0.140. The second-order valence-electron chi connectivity index (χ2n) is 5.76. The van der Waals surface area contributed by atoms with Crippen LogP contribution in [-0.4, -0.2) is 25.5 Å². The molecule has 0 saturated carbocycles. The summed E-state index contributed by atoms with van der Waals surface area (Å²) >= 11 is 5.16. The van der Waals surface area contributed by atoms with E-state index in [-0.39, 0.29) is 16.4 Å². The van der Waals surface area contributed by atoms with Gasteiger partial charge in [0.2, 0.25) is 5.88 Å². The zero-order valence-corrected chi connectivity index (χ0v) is 15.7. The van der Waals surface area contributed by atoms with E-state index in [4.69, 9.17) is 12.2 Å². The van der Waals surface area contributed by atoms with E-state index in [0.29, 0.717) is 5.69 Å². The molecule has 142 valence electrons. The van der Waals surface area contributed by atoms with Crippen molar-refractivity contribution in [3.8, 4) is 11.6 Å². The average Bonchev–Trinajstić information content (AvgIpc) is 2.67. The summed E-state index contributed by atoms with van der Waals surface area (Å²) in [6.45, 7) is 1.52. The number of H-pyrrole nitrogens is 1. The first-order chi connectivity index (χ1) is 13.5. The molecule has 0 unspecified atom stereocenters. The molecule has 0 aliphatic heterocycles. The number of hydrogen-bond donors (Lipinski definition) is 4. The molecule has 8 nitrogen and oxygen atoms in total. The Labute approximate surface area is 165 Å². The standard InChI is InChI=1S/C19H17N5O3S/c1-12(22-23-18(28)20-13-8-4-2-5-9-13)15-16(25)21-19(27)24(17(15)26)14-10-6-3-7-11-14/h2-11,26H,1H3,(H2,20,23,28)(H,21,25,27)/b22-12+. The molecule has 3 aromatic rings. The Morgan fingerprint density at radius 1 is 1.07 bits per heavy atom. The molecule has 28 heavy (non-hydrogen) atoms. The van der Waals surface area contributed by atoms with Gasteiger partial charge in [0.05, 0.1) is 11.4 Å². The molecule has 0 saturated heterocycles. The normalized spacial score (nSPS) is 11.1. The summed E-state index contributed by atoms with van der Waals surface area (Å²) in [6.07, 6.45) is 0. The van der Waals surface area contributed by atoms with Crippen LogP contribution in [0.1, 0.15) is 12.5 Å².